The second kappa shape index (κ2) is 12.0. The van der Waals surface area contributed by atoms with Gasteiger partial charge in [0.25, 0.3) is 10.0 Å². The van der Waals surface area contributed by atoms with Crippen LogP contribution in [0.4, 0.5) is 14.5 Å². The van der Waals surface area contributed by atoms with E-state index in [0.717, 1.165) is 28.7 Å². The van der Waals surface area contributed by atoms with Crippen molar-refractivity contribution < 1.29 is 35.1 Å². The molecular weight excluding hydrogens is 562 g/mol. The Morgan fingerprint density at radius 1 is 0.825 bits per heavy atom. The molecule has 8 nitrogen and oxygen atoms in total. The maximum Gasteiger partial charge on any atom is 0.264 e. The number of amides is 1. The molecule has 0 aliphatic heterocycles. The highest BCUT2D eigenvalue weighted by atomic mass is 32.2. The summed E-state index contributed by atoms with van der Waals surface area (Å²) in [6, 6.07) is 20.6. The van der Waals surface area contributed by atoms with Gasteiger partial charge in [-0.2, -0.15) is 0 Å². The summed E-state index contributed by atoms with van der Waals surface area (Å²) in [5.74, 6) is -3.12. The zero-order chi connectivity index (χ0) is 28.9. The monoisotopic (exact) mass is 588 g/mol. The normalized spacial score (nSPS) is 11.8. The number of benzene rings is 4. The van der Waals surface area contributed by atoms with E-state index in [0.29, 0.717) is 29.9 Å². The van der Waals surface area contributed by atoms with Crippen molar-refractivity contribution in [2.24, 2.45) is 0 Å². The predicted molar refractivity (Wildman–Crippen MR) is 148 cm³/mol. The van der Waals surface area contributed by atoms with Crippen LogP contribution in [0.5, 0.6) is 5.75 Å². The van der Waals surface area contributed by atoms with Gasteiger partial charge in [-0.3, -0.25) is 9.52 Å². The number of sulfonamides is 2. The molecule has 4 aromatic carbocycles. The van der Waals surface area contributed by atoms with E-state index in [1.165, 1.54) is 12.1 Å². The van der Waals surface area contributed by atoms with Crippen LogP contribution in [0.3, 0.4) is 0 Å². The molecule has 4 aromatic rings. The number of nitrogens with one attached hydrogen (secondary N) is 2. The topological polar surface area (TPSA) is 119 Å². The lowest BCUT2D eigenvalue weighted by Crippen LogP contribution is -2.30. The van der Waals surface area contributed by atoms with E-state index in [1.54, 1.807) is 6.07 Å². The van der Waals surface area contributed by atoms with E-state index in [4.69, 9.17) is 4.74 Å². The minimum atomic E-state index is -4.41. The summed E-state index contributed by atoms with van der Waals surface area (Å²) in [6.45, 7) is 0.254. The zero-order valence-corrected chi connectivity index (χ0v) is 23.0. The van der Waals surface area contributed by atoms with Gasteiger partial charge in [0.15, 0.2) is 11.6 Å². The molecule has 0 spiro atoms. The van der Waals surface area contributed by atoms with Crippen LogP contribution in [0.25, 0.3) is 10.8 Å². The number of hydrogen-bond donors (Lipinski definition) is 2. The molecule has 0 atom stereocenters. The molecule has 210 valence electrons. The highest BCUT2D eigenvalue weighted by Crippen LogP contribution is 2.26. The number of halogens is 2. The first-order valence-electron chi connectivity index (χ1n) is 12.1. The SMILES string of the molecule is CS(=O)(=O)Nc1ccc(CCC(=O)NS(=O)(=O)c2ccc(F)c(F)c2)c(OCCc2ccc3ccccc3c2)c1. The van der Waals surface area contributed by atoms with Crippen molar-refractivity contribution in [1.29, 1.82) is 0 Å². The third kappa shape index (κ3) is 7.76. The third-order valence-electron chi connectivity index (χ3n) is 5.90. The van der Waals surface area contributed by atoms with Gasteiger partial charge in [-0.1, -0.05) is 48.5 Å². The van der Waals surface area contributed by atoms with Crippen molar-refractivity contribution in [3.63, 3.8) is 0 Å². The molecule has 0 aliphatic rings. The number of aryl methyl sites for hydroxylation is 1. The van der Waals surface area contributed by atoms with Crippen LogP contribution in [0, 0.1) is 11.6 Å². The molecule has 0 aromatic heterocycles. The van der Waals surface area contributed by atoms with Gasteiger partial charge in [-0.15, -0.1) is 0 Å². The Labute approximate surface area is 231 Å². The minimum absolute atomic E-state index is 0.0591. The molecule has 0 fully saturated rings. The lowest BCUT2D eigenvalue weighted by atomic mass is 10.1. The first-order chi connectivity index (χ1) is 18.9. The molecule has 0 unspecified atom stereocenters. The first kappa shape index (κ1) is 29.0. The molecule has 2 N–H and O–H groups in total. The van der Waals surface area contributed by atoms with Crippen molar-refractivity contribution >= 4 is 42.4 Å². The third-order valence-corrected chi connectivity index (χ3v) is 7.88. The van der Waals surface area contributed by atoms with Crippen molar-refractivity contribution in [2.75, 3.05) is 17.6 Å². The number of anilines is 1. The van der Waals surface area contributed by atoms with Gasteiger partial charge >= 0.3 is 0 Å². The zero-order valence-electron chi connectivity index (χ0n) is 21.4. The molecule has 0 saturated carbocycles. The van der Waals surface area contributed by atoms with E-state index in [2.05, 4.69) is 10.8 Å². The van der Waals surface area contributed by atoms with E-state index in [9.17, 15) is 30.4 Å². The minimum Gasteiger partial charge on any atom is -0.493 e. The van der Waals surface area contributed by atoms with Crippen molar-refractivity contribution in [3.05, 3.63) is 102 Å². The maximum atomic E-state index is 13.5. The summed E-state index contributed by atoms with van der Waals surface area (Å²) >= 11 is 0. The number of hydrogen-bond acceptors (Lipinski definition) is 6. The molecule has 0 saturated heterocycles. The van der Waals surface area contributed by atoms with Crippen LogP contribution in [0.2, 0.25) is 0 Å². The fourth-order valence-electron chi connectivity index (χ4n) is 4.00. The number of carbonyl (C=O) groups excluding carboxylic acids is 1. The van der Waals surface area contributed by atoms with Gasteiger partial charge in [-0.25, -0.2) is 30.3 Å². The number of ether oxygens (including phenoxy) is 1. The van der Waals surface area contributed by atoms with Gasteiger partial charge in [0.2, 0.25) is 15.9 Å². The van der Waals surface area contributed by atoms with Gasteiger partial charge in [0.05, 0.1) is 23.4 Å². The summed E-state index contributed by atoms with van der Waals surface area (Å²) in [6.07, 6.45) is 1.35. The summed E-state index contributed by atoms with van der Waals surface area (Å²) in [5, 5.41) is 2.20. The quantitative estimate of drug-likeness (QED) is 0.266. The van der Waals surface area contributed by atoms with Crippen molar-refractivity contribution in [1.82, 2.24) is 4.72 Å². The summed E-state index contributed by atoms with van der Waals surface area (Å²) in [7, 11) is -7.97. The van der Waals surface area contributed by atoms with E-state index < -0.39 is 42.5 Å². The molecule has 0 heterocycles. The van der Waals surface area contributed by atoms with Crippen LogP contribution in [-0.4, -0.2) is 35.6 Å². The average Bonchev–Trinajstić information content (AvgIpc) is 2.88. The Bertz CT molecular complexity index is 1780. The Morgan fingerprint density at radius 2 is 1.57 bits per heavy atom. The highest BCUT2D eigenvalue weighted by Gasteiger charge is 2.20. The van der Waals surface area contributed by atoms with Crippen LogP contribution in [0.1, 0.15) is 17.5 Å². The molecular formula is C28H26F2N2O6S2. The van der Waals surface area contributed by atoms with Crippen molar-refractivity contribution in [2.45, 2.75) is 24.2 Å². The highest BCUT2D eigenvalue weighted by molar-refractivity contribution is 7.92. The van der Waals surface area contributed by atoms with Gasteiger partial charge in [-0.05, 0) is 52.6 Å². The second-order valence-corrected chi connectivity index (χ2v) is 12.5. The first-order valence-corrected chi connectivity index (χ1v) is 15.5. The fraction of sp³-hybridized carbons (Fsp3) is 0.179. The number of carbonyl (C=O) groups is 1. The molecule has 1 amide bonds. The van der Waals surface area contributed by atoms with Gasteiger partial charge < -0.3 is 4.74 Å². The largest absolute Gasteiger partial charge is 0.493 e. The molecule has 4 rings (SSSR count). The van der Waals surface area contributed by atoms with Gasteiger partial charge in [0, 0.05) is 18.9 Å². The number of fused-ring (bicyclic) bond motifs is 1. The predicted octanol–water partition coefficient (Wildman–Crippen LogP) is 4.55. The Hall–Kier alpha value is -4.03. The van der Waals surface area contributed by atoms with Crippen LogP contribution >= 0.6 is 0 Å². The average molecular weight is 589 g/mol. The Kier molecular flexibility index (Phi) is 8.70. The van der Waals surface area contributed by atoms with E-state index >= 15 is 0 Å². The Balaban J connectivity index is 1.45. The molecule has 12 heteroatoms. The van der Waals surface area contributed by atoms with Crippen LogP contribution in [0.15, 0.2) is 83.8 Å². The number of rotatable bonds is 11. The lowest BCUT2D eigenvalue weighted by Gasteiger charge is -2.14. The fourth-order valence-corrected chi connectivity index (χ4v) is 5.58. The maximum absolute atomic E-state index is 13.5. The second-order valence-electron chi connectivity index (χ2n) is 9.08. The summed E-state index contributed by atoms with van der Waals surface area (Å²) in [4.78, 5) is 11.8. The van der Waals surface area contributed by atoms with Crippen LogP contribution < -0.4 is 14.2 Å². The van der Waals surface area contributed by atoms with Crippen molar-refractivity contribution in [3.8, 4) is 5.75 Å². The van der Waals surface area contributed by atoms with E-state index in [-0.39, 0.29) is 25.1 Å². The molecule has 40 heavy (non-hydrogen) atoms. The molecule has 0 bridgehead atoms. The smallest absolute Gasteiger partial charge is 0.264 e. The Morgan fingerprint density at radius 3 is 2.30 bits per heavy atom. The lowest BCUT2D eigenvalue weighted by molar-refractivity contribution is -0.119. The van der Waals surface area contributed by atoms with Gasteiger partial charge in [0.1, 0.15) is 5.75 Å². The molecule has 0 aliphatic carbocycles. The standard InChI is InChI=1S/C28H26F2N2O6S2/c1-39(34,35)31-23-10-8-21(9-13-28(33)32-40(36,37)24-11-12-25(29)26(30)18-24)27(17-23)38-15-14-19-6-7-20-4-2-3-5-22(20)16-19/h2-8,10-12,16-18,31H,9,13-15H2,1H3,(H,32,33). The summed E-state index contributed by atoms with van der Waals surface area (Å²) < 4.78 is 85.0. The summed E-state index contributed by atoms with van der Waals surface area (Å²) in [5.41, 5.74) is 1.84. The van der Waals surface area contributed by atoms with E-state index in [1.807, 2.05) is 41.1 Å². The molecule has 0 radical (unpaired) electrons. The van der Waals surface area contributed by atoms with Crippen LogP contribution in [-0.2, 0) is 37.7 Å².